The SMILES string of the molecule is CC(C)Nc1ccnc(Nc2ccc(C(F)(F)F)cc2)c1-c1ccccc1. The average Bonchev–Trinajstić information content (AvgIpc) is 2.62. The molecule has 0 aliphatic carbocycles. The van der Waals surface area contributed by atoms with E-state index in [4.69, 9.17) is 0 Å². The van der Waals surface area contributed by atoms with Gasteiger partial charge in [0.2, 0.25) is 0 Å². The fourth-order valence-electron chi connectivity index (χ4n) is 2.76. The Morgan fingerprint density at radius 1 is 0.889 bits per heavy atom. The molecular formula is C21H20F3N3. The lowest BCUT2D eigenvalue weighted by Crippen LogP contribution is -2.11. The highest BCUT2D eigenvalue weighted by molar-refractivity contribution is 5.88. The molecule has 0 unspecified atom stereocenters. The molecule has 1 aromatic heterocycles. The molecule has 3 rings (SSSR count). The quantitative estimate of drug-likeness (QED) is 0.550. The fraction of sp³-hybridized carbons (Fsp3) is 0.190. The number of alkyl halides is 3. The maximum absolute atomic E-state index is 12.8. The molecule has 0 saturated carbocycles. The van der Waals surface area contributed by atoms with Crippen molar-refractivity contribution in [2.24, 2.45) is 0 Å². The number of halogens is 3. The van der Waals surface area contributed by atoms with E-state index in [0.717, 1.165) is 28.9 Å². The molecule has 140 valence electrons. The lowest BCUT2D eigenvalue weighted by molar-refractivity contribution is -0.137. The molecule has 0 aliphatic rings. The molecule has 0 aliphatic heterocycles. The first kappa shape index (κ1) is 18.8. The number of nitrogens with zero attached hydrogens (tertiary/aromatic N) is 1. The normalized spacial score (nSPS) is 11.5. The summed E-state index contributed by atoms with van der Waals surface area (Å²) in [6, 6.07) is 16.8. The van der Waals surface area contributed by atoms with Gasteiger partial charge in [-0.3, -0.25) is 0 Å². The summed E-state index contributed by atoms with van der Waals surface area (Å²) in [6.07, 6.45) is -2.68. The van der Waals surface area contributed by atoms with Crippen LogP contribution in [0.15, 0.2) is 66.9 Å². The minimum absolute atomic E-state index is 0.216. The summed E-state index contributed by atoms with van der Waals surface area (Å²) in [5.74, 6) is 0.576. The lowest BCUT2D eigenvalue weighted by Gasteiger charge is -2.19. The van der Waals surface area contributed by atoms with Crippen LogP contribution in [0.2, 0.25) is 0 Å². The molecule has 2 N–H and O–H groups in total. The highest BCUT2D eigenvalue weighted by atomic mass is 19.4. The molecule has 3 nitrogen and oxygen atoms in total. The van der Waals surface area contributed by atoms with Crippen LogP contribution in [-0.2, 0) is 6.18 Å². The predicted octanol–water partition coefficient (Wildman–Crippen LogP) is 6.33. The summed E-state index contributed by atoms with van der Waals surface area (Å²) in [4.78, 5) is 4.42. The number of benzene rings is 2. The topological polar surface area (TPSA) is 37.0 Å². The monoisotopic (exact) mass is 371 g/mol. The summed E-state index contributed by atoms with van der Waals surface area (Å²) >= 11 is 0. The van der Waals surface area contributed by atoms with Crippen LogP contribution < -0.4 is 10.6 Å². The first-order valence-corrected chi connectivity index (χ1v) is 8.60. The van der Waals surface area contributed by atoms with Crippen LogP contribution >= 0.6 is 0 Å². The average molecular weight is 371 g/mol. The summed E-state index contributed by atoms with van der Waals surface area (Å²) in [6.45, 7) is 4.08. The Kier molecular flexibility index (Phi) is 5.35. The second-order valence-corrected chi connectivity index (χ2v) is 6.45. The van der Waals surface area contributed by atoms with Crippen molar-refractivity contribution in [2.45, 2.75) is 26.1 Å². The third kappa shape index (κ3) is 4.58. The van der Waals surface area contributed by atoms with Gasteiger partial charge in [0, 0.05) is 29.2 Å². The Bertz CT molecular complexity index is 889. The molecule has 0 atom stereocenters. The van der Waals surface area contributed by atoms with Crippen molar-refractivity contribution in [3.63, 3.8) is 0 Å². The zero-order valence-corrected chi connectivity index (χ0v) is 15.0. The van der Waals surface area contributed by atoms with Gasteiger partial charge in [-0.1, -0.05) is 30.3 Å². The van der Waals surface area contributed by atoms with Gasteiger partial charge in [-0.15, -0.1) is 0 Å². The number of aromatic nitrogens is 1. The van der Waals surface area contributed by atoms with Gasteiger partial charge in [-0.05, 0) is 49.7 Å². The van der Waals surface area contributed by atoms with Gasteiger partial charge in [0.15, 0.2) is 0 Å². The van der Waals surface area contributed by atoms with E-state index in [-0.39, 0.29) is 6.04 Å². The molecule has 0 amide bonds. The van der Waals surface area contributed by atoms with Crippen LogP contribution in [-0.4, -0.2) is 11.0 Å². The van der Waals surface area contributed by atoms with Gasteiger partial charge in [0.1, 0.15) is 5.82 Å². The number of rotatable bonds is 5. The van der Waals surface area contributed by atoms with Crippen LogP contribution in [0.1, 0.15) is 19.4 Å². The number of hydrogen-bond acceptors (Lipinski definition) is 3. The summed E-state index contributed by atoms with van der Waals surface area (Å²) in [5, 5.41) is 6.54. The second-order valence-electron chi connectivity index (χ2n) is 6.45. The third-order valence-corrected chi connectivity index (χ3v) is 3.93. The van der Waals surface area contributed by atoms with Gasteiger partial charge in [0.25, 0.3) is 0 Å². The highest BCUT2D eigenvalue weighted by Gasteiger charge is 2.30. The van der Waals surface area contributed by atoms with E-state index >= 15 is 0 Å². The Hall–Kier alpha value is -3.02. The van der Waals surface area contributed by atoms with Crippen LogP contribution in [0, 0.1) is 0 Å². The zero-order valence-electron chi connectivity index (χ0n) is 15.0. The van der Waals surface area contributed by atoms with Crippen LogP contribution in [0.5, 0.6) is 0 Å². The zero-order chi connectivity index (χ0) is 19.4. The molecule has 6 heteroatoms. The van der Waals surface area contributed by atoms with E-state index in [0.29, 0.717) is 11.5 Å². The first-order valence-electron chi connectivity index (χ1n) is 8.60. The maximum Gasteiger partial charge on any atom is 0.416 e. The van der Waals surface area contributed by atoms with Crippen molar-refractivity contribution in [3.8, 4) is 11.1 Å². The molecule has 3 aromatic rings. The van der Waals surface area contributed by atoms with E-state index in [1.165, 1.54) is 12.1 Å². The fourth-order valence-corrected chi connectivity index (χ4v) is 2.76. The number of anilines is 3. The Morgan fingerprint density at radius 2 is 1.56 bits per heavy atom. The summed E-state index contributed by atoms with van der Waals surface area (Å²) < 4.78 is 38.3. The van der Waals surface area contributed by atoms with Crippen LogP contribution in [0.4, 0.5) is 30.4 Å². The highest BCUT2D eigenvalue weighted by Crippen LogP contribution is 2.36. The molecule has 2 aromatic carbocycles. The van der Waals surface area contributed by atoms with Crippen molar-refractivity contribution in [2.75, 3.05) is 10.6 Å². The number of hydrogen-bond donors (Lipinski definition) is 2. The molecule has 0 spiro atoms. The minimum Gasteiger partial charge on any atom is -0.382 e. The van der Waals surface area contributed by atoms with Gasteiger partial charge in [0.05, 0.1) is 5.56 Å². The van der Waals surface area contributed by atoms with Crippen LogP contribution in [0.3, 0.4) is 0 Å². The summed E-state index contributed by atoms with van der Waals surface area (Å²) in [5.41, 5.74) is 2.59. The number of nitrogens with one attached hydrogen (secondary N) is 2. The van der Waals surface area contributed by atoms with E-state index in [2.05, 4.69) is 15.6 Å². The van der Waals surface area contributed by atoms with E-state index in [9.17, 15) is 13.2 Å². The summed E-state index contributed by atoms with van der Waals surface area (Å²) in [7, 11) is 0. The Balaban J connectivity index is 2.00. The molecule has 1 heterocycles. The van der Waals surface area contributed by atoms with Crippen molar-refractivity contribution < 1.29 is 13.2 Å². The molecule has 0 saturated heterocycles. The van der Waals surface area contributed by atoms with Crippen molar-refractivity contribution in [1.29, 1.82) is 0 Å². The smallest absolute Gasteiger partial charge is 0.382 e. The first-order chi connectivity index (χ1) is 12.8. The standard InChI is InChI=1S/C21H20F3N3/c1-14(2)26-18-12-13-25-20(19(18)15-6-4-3-5-7-15)27-17-10-8-16(9-11-17)21(22,23)24/h3-14H,1-2H3,(H2,25,26,27). The maximum atomic E-state index is 12.8. The molecule has 0 fully saturated rings. The Morgan fingerprint density at radius 3 is 2.15 bits per heavy atom. The minimum atomic E-state index is -4.35. The molecular weight excluding hydrogens is 351 g/mol. The van der Waals surface area contributed by atoms with Gasteiger partial charge >= 0.3 is 6.18 Å². The molecule has 27 heavy (non-hydrogen) atoms. The van der Waals surface area contributed by atoms with Gasteiger partial charge in [-0.2, -0.15) is 13.2 Å². The van der Waals surface area contributed by atoms with Crippen LogP contribution in [0.25, 0.3) is 11.1 Å². The van der Waals surface area contributed by atoms with Gasteiger partial charge in [-0.25, -0.2) is 4.98 Å². The third-order valence-electron chi connectivity index (χ3n) is 3.93. The van der Waals surface area contributed by atoms with E-state index in [1.807, 2.05) is 50.2 Å². The number of pyridine rings is 1. The Labute approximate surface area is 156 Å². The molecule has 0 radical (unpaired) electrons. The van der Waals surface area contributed by atoms with Crippen molar-refractivity contribution in [3.05, 3.63) is 72.4 Å². The molecule has 0 bridgehead atoms. The lowest BCUT2D eigenvalue weighted by atomic mass is 10.0. The largest absolute Gasteiger partial charge is 0.416 e. The predicted molar refractivity (Wildman–Crippen MR) is 103 cm³/mol. The van der Waals surface area contributed by atoms with E-state index in [1.54, 1.807) is 6.20 Å². The second kappa shape index (κ2) is 7.70. The van der Waals surface area contributed by atoms with Crippen molar-refractivity contribution >= 4 is 17.2 Å². The van der Waals surface area contributed by atoms with E-state index < -0.39 is 11.7 Å². The van der Waals surface area contributed by atoms with Crippen molar-refractivity contribution in [1.82, 2.24) is 4.98 Å². The van der Waals surface area contributed by atoms with Gasteiger partial charge < -0.3 is 10.6 Å².